The number of nitrogens with zero attached hydrogens (tertiary/aromatic N) is 3. The van der Waals surface area contributed by atoms with E-state index < -0.39 is 0 Å². The summed E-state index contributed by atoms with van der Waals surface area (Å²) in [5.74, 6) is 0.612. The number of hydrogen-bond donors (Lipinski definition) is 1. The average Bonchev–Trinajstić information content (AvgIpc) is 3.25. The van der Waals surface area contributed by atoms with Crippen molar-refractivity contribution in [1.82, 2.24) is 14.9 Å². The zero-order valence-electron chi connectivity index (χ0n) is 11.5. The van der Waals surface area contributed by atoms with E-state index in [0.29, 0.717) is 17.9 Å². The van der Waals surface area contributed by atoms with Gasteiger partial charge in [0.05, 0.1) is 0 Å². The maximum Gasteiger partial charge on any atom is 0.293 e. The van der Waals surface area contributed by atoms with Gasteiger partial charge in [0.15, 0.2) is 5.82 Å². The molecule has 5 nitrogen and oxygen atoms in total. The number of anilines is 1. The highest BCUT2D eigenvalue weighted by Gasteiger charge is 2.27. The molecule has 1 aliphatic carbocycles. The van der Waals surface area contributed by atoms with Crippen LogP contribution in [0.2, 0.25) is 0 Å². The third kappa shape index (κ3) is 2.66. The molecule has 1 atom stereocenters. The van der Waals surface area contributed by atoms with Crippen molar-refractivity contribution >= 4 is 5.82 Å². The molecule has 1 aromatic heterocycles. The predicted octanol–water partition coefficient (Wildman–Crippen LogP) is 1.16. The number of rotatable bonds is 3. The van der Waals surface area contributed by atoms with Crippen LogP contribution in [0.3, 0.4) is 0 Å². The summed E-state index contributed by atoms with van der Waals surface area (Å²) >= 11 is 0. The number of aromatic nitrogens is 2. The van der Waals surface area contributed by atoms with E-state index in [0.717, 1.165) is 38.8 Å². The second-order valence-corrected chi connectivity index (χ2v) is 5.64. The Kier molecular flexibility index (Phi) is 3.55. The molecule has 2 heterocycles. The van der Waals surface area contributed by atoms with Crippen LogP contribution in [0.15, 0.2) is 17.2 Å². The van der Waals surface area contributed by atoms with Crippen LogP contribution in [0.1, 0.15) is 38.1 Å². The Hall–Kier alpha value is -1.36. The molecule has 0 radical (unpaired) electrons. The second kappa shape index (κ2) is 5.33. The fourth-order valence-electron chi connectivity index (χ4n) is 2.86. The first kappa shape index (κ1) is 12.7. The Balaban J connectivity index is 1.84. The standard InChI is InChI=1S/C14H22N4O/c1-17(11-3-2-7-15-8-6-11)13-14(19)18(10-9-16-13)12-4-5-12/h9-12,15H,2-8H2,1H3. The molecule has 1 aromatic rings. The highest BCUT2D eigenvalue weighted by molar-refractivity contribution is 5.36. The Morgan fingerprint density at radius 2 is 2.16 bits per heavy atom. The first-order chi connectivity index (χ1) is 9.27. The molecular weight excluding hydrogens is 240 g/mol. The summed E-state index contributed by atoms with van der Waals surface area (Å²) in [5.41, 5.74) is 0.0738. The van der Waals surface area contributed by atoms with E-state index in [-0.39, 0.29) is 5.56 Å². The summed E-state index contributed by atoms with van der Waals surface area (Å²) in [6.45, 7) is 2.11. The van der Waals surface area contributed by atoms with Crippen LogP contribution in [0, 0.1) is 0 Å². The Bertz CT molecular complexity index is 486. The van der Waals surface area contributed by atoms with Crippen molar-refractivity contribution in [2.24, 2.45) is 0 Å². The molecule has 1 saturated heterocycles. The van der Waals surface area contributed by atoms with Gasteiger partial charge >= 0.3 is 0 Å². The van der Waals surface area contributed by atoms with E-state index in [1.54, 1.807) is 6.20 Å². The van der Waals surface area contributed by atoms with Crippen LogP contribution in [0.4, 0.5) is 5.82 Å². The Morgan fingerprint density at radius 3 is 2.95 bits per heavy atom. The molecule has 104 valence electrons. The van der Waals surface area contributed by atoms with Crippen molar-refractivity contribution in [1.29, 1.82) is 0 Å². The minimum atomic E-state index is 0.0738. The third-order valence-electron chi connectivity index (χ3n) is 4.22. The fourth-order valence-corrected chi connectivity index (χ4v) is 2.86. The maximum atomic E-state index is 12.5. The van der Waals surface area contributed by atoms with Crippen molar-refractivity contribution in [2.45, 2.75) is 44.2 Å². The zero-order chi connectivity index (χ0) is 13.2. The lowest BCUT2D eigenvalue weighted by atomic mass is 10.1. The molecule has 1 unspecified atom stereocenters. The van der Waals surface area contributed by atoms with Crippen molar-refractivity contribution < 1.29 is 0 Å². The largest absolute Gasteiger partial charge is 0.352 e. The molecule has 1 aliphatic heterocycles. The van der Waals surface area contributed by atoms with Crippen LogP contribution in [0.25, 0.3) is 0 Å². The average molecular weight is 262 g/mol. The smallest absolute Gasteiger partial charge is 0.293 e. The Labute approximate surface area is 113 Å². The first-order valence-corrected chi connectivity index (χ1v) is 7.28. The lowest BCUT2D eigenvalue weighted by Gasteiger charge is -2.27. The predicted molar refractivity (Wildman–Crippen MR) is 75.7 cm³/mol. The van der Waals surface area contributed by atoms with Crippen molar-refractivity contribution in [3.63, 3.8) is 0 Å². The van der Waals surface area contributed by atoms with Gasteiger partial charge in [-0.3, -0.25) is 4.79 Å². The van der Waals surface area contributed by atoms with Gasteiger partial charge in [0.2, 0.25) is 0 Å². The van der Waals surface area contributed by atoms with Gasteiger partial charge in [0.25, 0.3) is 5.56 Å². The molecule has 2 fully saturated rings. The van der Waals surface area contributed by atoms with E-state index in [2.05, 4.69) is 15.2 Å². The van der Waals surface area contributed by atoms with Gasteiger partial charge in [0, 0.05) is 31.5 Å². The molecule has 3 rings (SSSR count). The van der Waals surface area contributed by atoms with Gasteiger partial charge in [-0.25, -0.2) is 4.98 Å². The van der Waals surface area contributed by atoms with Gasteiger partial charge in [-0.05, 0) is 45.2 Å². The van der Waals surface area contributed by atoms with Crippen LogP contribution in [-0.4, -0.2) is 35.7 Å². The van der Waals surface area contributed by atoms with E-state index in [1.807, 2.05) is 17.8 Å². The highest BCUT2D eigenvalue weighted by atomic mass is 16.1. The van der Waals surface area contributed by atoms with Gasteiger partial charge in [-0.15, -0.1) is 0 Å². The van der Waals surface area contributed by atoms with E-state index >= 15 is 0 Å². The minimum Gasteiger partial charge on any atom is -0.352 e. The molecule has 0 bridgehead atoms. The van der Waals surface area contributed by atoms with Gasteiger partial charge < -0.3 is 14.8 Å². The molecule has 0 amide bonds. The van der Waals surface area contributed by atoms with Gasteiger partial charge in [0.1, 0.15) is 0 Å². The number of nitrogens with one attached hydrogen (secondary N) is 1. The van der Waals surface area contributed by atoms with Gasteiger partial charge in [-0.1, -0.05) is 0 Å². The second-order valence-electron chi connectivity index (χ2n) is 5.64. The monoisotopic (exact) mass is 262 g/mol. The highest BCUT2D eigenvalue weighted by Crippen LogP contribution is 2.33. The summed E-state index contributed by atoms with van der Waals surface area (Å²) in [7, 11) is 2.01. The summed E-state index contributed by atoms with van der Waals surface area (Å²) in [5, 5.41) is 3.41. The van der Waals surface area contributed by atoms with Gasteiger partial charge in [-0.2, -0.15) is 0 Å². The SMILES string of the molecule is CN(c1nccn(C2CC2)c1=O)C1CCCNCC1. The normalized spacial score (nSPS) is 23.9. The quantitative estimate of drug-likeness (QED) is 0.888. The summed E-state index contributed by atoms with van der Waals surface area (Å²) < 4.78 is 1.85. The molecule has 2 aliphatic rings. The third-order valence-corrected chi connectivity index (χ3v) is 4.22. The topological polar surface area (TPSA) is 50.2 Å². The van der Waals surface area contributed by atoms with Crippen LogP contribution < -0.4 is 15.8 Å². The fraction of sp³-hybridized carbons (Fsp3) is 0.714. The lowest BCUT2D eigenvalue weighted by molar-refractivity contribution is 0.556. The van der Waals surface area contributed by atoms with E-state index in [9.17, 15) is 4.79 Å². The van der Waals surface area contributed by atoms with Crippen molar-refractivity contribution in [3.8, 4) is 0 Å². The molecule has 1 saturated carbocycles. The molecule has 0 aromatic carbocycles. The summed E-state index contributed by atoms with van der Waals surface area (Å²) in [6, 6.07) is 0.837. The van der Waals surface area contributed by atoms with Crippen molar-refractivity contribution in [2.75, 3.05) is 25.0 Å². The maximum absolute atomic E-state index is 12.5. The summed E-state index contributed by atoms with van der Waals surface area (Å²) in [4.78, 5) is 18.9. The van der Waals surface area contributed by atoms with Crippen LogP contribution >= 0.6 is 0 Å². The van der Waals surface area contributed by atoms with E-state index in [4.69, 9.17) is 0 Å². The van der Waals surface area contributed by atoms with E-state index in [1.165, 1.54) is 6.42 Å². The minimum absolute atomic E-state index is 0.0738. The lowest BCUT2D eigenvalue weighted by Crippen LogP contribution is -2.38. The first-order valence-electron chi connectivity index (χ1n) is 7.28. The summed E-state index contributed by atoms with van der Waals surface area (Å²) in [6.07, 6.45) is 9.21. The zero-order valence-corrected chi connectivity index (χ0v) is 11.5. The Morgan fingerprint density at radius 1 is 1.32 bits per heavy atom. The number of hydrogen-bond acceptors (Lipinski definition) is 4. The molecule has 0 spiro atoms. The van der Waals surface area contributed by atoms with Crippen molar-refractivity contribution in [3.05, 3.63) is 22.7 Å². The van der Waals surface area contributed by atoms with Crippen LogP contribution in [-0.2, 0) is 0 Å². The van der Waals surface area contributed by atoms with Crippen LogP contribution in [0.5, 0.6) is 0 Å². The molecular formula is C14H22N4O. The molecule has 1 N–H and O–H groups in total. The molecule has 5 heteroatoms. The molecule has 19 heavy (non-hydrogen) atoms.